The summed E-state index contributed by atoms with van der Waals surface area (Å²) in [7, 11) is 1.35. The maximum atomic E-state index is 13.8. The van der Waals surface area contributed by atoms with Crippen LogP contribution in [0.4, 0.5) is 13.2 Å². The molecule has 29 heavy (non-hydrogen) atoms. The van der Waals surface area contributed by atoms with Gasteiger partial charge < -0.3 is 19.2 Å². The van der Waals surface area contributed by atoms with E-state index >= 15 is 0 Å². The second-order valence-corrected chi connectivity index (χ2v) is 5.94. The van der Waals surface area contributed by atoms with Crippen LogP contribution in [-0.4, -0.2) is 24.7 Å². The number of halogens is 3. The molecule has 6 nitrogen and oxygen atoms in total. The molecule has 152 valence electrons. The fourth-order valence-electron chi connectivity index (χ4n) is 2.72. The second kappa shape index (κ2) is 8.26. The molecule has 0 saturated heterocycles. The highest BCUT2D eigenvalue weighted by Crippen LogP contribution is 2.31. The van der Waals surface area contributed by atoms with Crippen LogP contribution in [0.1, 0.15) is 22.8 Å². The Balaban J connectivity index is 2.02. The molecule has 0 amide bonds. The number of pyridine rings is 1. The van der Waals surface area contributed by atoms with Crippen molar-refractivity contribution < 1.29 is 32.2 Å². The summed E-state index contributed by atoms with van der Waals surface area (Å²) in [4.78, 5) is 27.4. The van der Waals surface area contributed by atoms with Gasteiger partial charge in [-0.25, -0.2) is 18.0 Å². The first-order valence-corrected chi connectivity index (χ1v) is 8.52. The number of H-pyrrole nitrogens is 1. The minimum absolute atomic E-state index is 0.00892. The largest absolute Gasteiger partial charge is 0.493 e. The Morgan fingerprint density at radius 1 is 1.07 bits per heavy atom. The summed E-state index contributed by atoms with van der Waals surface area (Å²) < 4.78 is 56.2. The number of rotatable bonds is 6. The molecule has 0 aliphatic carbocycles. The zero-order chi connectivity index (χ0) is 21.1. The summed E-state index contributed by atoms with van der Waals surface area (Å²) in [6.07, 6.45) is 1.23. The van der Waals surface area contributed by atoms with Gasteiger partial charge in [0, 0.05) is 24.4 Å². The van der Waals surface area contributed by atoms with Gasteiger partial charge in [-0.2, -0.15) is 0 Å². The first-order valence-electron chi connectivity index (χ1n) is 8.52. The molecule has 0 aliphatic heterocycles. The lowest BCUT2D eigenvalue weighted by Gasteiger charge is -2.13. The van der Waals surface area contributed by atoms with Gasteiger partial charge in [0.25, 0.3) is 0 Å². The summed E-state index contributed by atoms with van der Waals surface area (Å²) in [5.41, 5.74) is -0.941. The number of nitrogens with one attached hydrogen (secondary N) is 1. The summed E-state index contributed by atoms with van der Waals surface area (Å²) in [5, 5.41) is 0.0893. The number of benzene rings is 2. The Morgan fingerprint density at radius 2 is 1.76 bits per heavy atom. The molecule has 1 N–H and O–H groups in total. The molecule has 1 aromatic heterocycles. The van der Waals surface area contributed by atoms with E-state index in [1.54, 1.807) is 6.92 Å². The molecule has 9 heteroatoms. The van der Waals surface area contributed by atoms with Crippen LogP contribution in [0.2, 0.25) is 0 Å². The van der Waals surface area contributed by atoms with E-state index in [0.717, 1.165) is 0 Å². The van der Waals surface area contributed by atoms with Gasteiger partial charge in [0.15, 0.2) is 11.5 Å². The van der Waals surface area contributed by atoms with Crippen LogP contribution < -0.4 is 14.9 Å². The fraction of sp³-hybridized carbons (Fsp3) is 0.200. The predicted molar refractivity (Wildman–Crippen MR) is 97.7 cm³/mol. The number of methoxy groups -OCH3 is 1. The van der Waals surface area contributed by atoms with Crippen molar-refractivity contribution in [3.05, 3.63) is 69.3 Å². The minimum atomic E-state index is -1.11. The van der Waals surface area contributed by atoms with Gasteiger partial charge >= 0.3 is 5.97 Å². The molecule has 3 rings (SSSR count). The van der Waals surface area contributed by atoms with Crippen molar-refractivity contribution >= 4 is 16.9 Å². The Hall–Kier alpha value is -3.49. The van der Waals surface area contributed by atoms with E-state index in [0.29, 0.717) is 17.6 Å². The molecule has 0 atom stereocenters. The van der Waals surface area contributed by atoms with Crippen molar-refractivity contribution in [3.8, 4) is 11.5 Å². The zero-order valence-electron chi connectivity index (χ0n) is 15.5. The molecule has 0 radical (unpaired) electrons. The second-order valence-electron chi connectivity index (χ2n) is 5.94. The lowest BCUT2D eigenvalue weighted by atomic mass is 10.1. The highest BCUT2D eigenvalue weighted by Gasteiger charge is 2.18. The number of ether oxygens (including phenoxy) is 3. The molecule has 0 unspecified atom stereocenters. The molecule has 3 aromatic rings. The molecule has 0 spiro atoms. The number of aromatic amines is 1. The topological polar surface area (TPSA) is 77.6 Å². The molecule has 1 heterocycles. The quantitative estimate of drug-likeness (QED) is 0.631. The third kappa shape index (κ3) is 4.03. The smallest absolute Gasteiger partial charge is 0.343 e. The number of fused-ring (bicyclic) bond motifs is 1. The van der Waals surface area contributed by atoms with Gasteiger partial charge in [0.2, 0.25) is 5.43 Å². The Bertz CT molecular complexity index is 1120. The highest BCUT2D eigenvalue weighted by atomic mass is 19.1. The van der Waals surface area contributed by atoms with Gasteiger partial charge in [-0.3, -0.25) is 4.79 Å². The Morgan fingerprint density at radius 3 is 2.38 bits per heavy atom. The van der Waals surface area contributed by atoms with Crippen LogP contribution in [0, 0.1) is 17.5 Å². The maximum absolute atomic E-state index is 13.8. The first kappa shape index (κ1) is 20.2. The van der Waals surface area contributed by atoms with Gasteiger partial charge in [-0.05, 0) is 13.0 Å². The van der Waals surface area contributed by atoms with E-state index in [2.05, 4.69) is 4.98 Å². The van der Waals surface area contributed by atoms with Crippen LogP contribution in [0.3, 0.4) is 0 Å². The monoisotopic (exact) mass is 407 g/mol. The Labute approximate surface area is 162 Å². The van der Waals surface area contributed by atoms with Gasteiger partial charge in [0.1, 0.15) is 29.6 Å². The van der Waals surface area contributed by atoms with E-state index in [9.17, 15) is 22.8 Å². The maximum Gasteiger partial charge on any atom is 0.343 e. The van der Waals surface area contributed by atoms with Crippen LogP contribution >= 0.6 is 0 Å². The molecule has 2 aromatic carbocycles. The predicted octanol–water partition coefficient (Wildman–Crippen LogP) is 3.71. The van der Waals surface area contributed by atoms with Crippen molar-refractivity contribution in [1.82, 2.24) is 4.98 Å². The number of hydrogen-bond donors (Lipinski definition) is 1. The molecule has 0 aliphatic rings. The lowest BCUT2D eigenvalue weighted by molar-refractivity contribution is 0.0524. The fourth-order valence-corrected chi connectivity index (χ4v) is 2.72. The van der Waals surface area contributed by atoms with E-state index in [4.69, 9.17) is 14.2 Å². The van der Waals surface area contributed by atoms with Crippen molar-refractivity contribution in [2.45, 2.75) is 13.5 Å². The van der Waals surface area contributed by atoms with Crippen molar-refractivity contribution in [2.24, 2.45) is 0 Å². The first-order chi connectivity index (χ1) is 13.8. The SMILES string of the molecule is CCOC(=O)c1c[nH]c2cc(OC)c(OCc3c(F)cc(F)cc3F)cc2c1=O. The molecular weight excluding hydrogens is 391 g/mol. The number of esters is 1. The summed E-state index contributed by atoms with van der Waals surface area (Å²) >= 11 is 0. The van der Waals surface area contributed by atoms with E-state index in [1.807, 2.05) is 0 Å². The highest BCUT2D eigenvalue weighted by molar-refractivity contribution is 5.94. The minimum Gasteiger partial charge on any atom is -0.493 e. The molecule has 0 saturated carbocycles. The summed E-state index contributed by atoms with van der Waals surface area (Å²) in [6.45, 7) is 1.13. The molecule has 0 fully saturated rings. The lowest BCUT2D eigenvalue weighted by Crippen LogP contribution is -2.18. The standard InChI is InChI=1S/C20H16F3NO5/c1-3-28-20(26)12-8-24-16-7-17(27-2)18(6-11(16)19(12)25)29-9-13-14(22)4-10(21)5-15(13)23/h4-8H,3,9H2,1-2H3,(H,24,25). The van der Waals surface area contributed by atoms with Crippen molar-refractivity contribution in [1.29, 1.82) is 0 Å². The van der Waals surface area contributed by atoms with Gasteiger partial charge in [0.05, 0.1) is 30.2 Å². The van der Waals surface area contributed by atoms with Gasteiger partial charge in [-0.1, -0.05) is 0 Å². The van der Waals surface area contributed by atoms with Crippen LogP contribution in [0.25, 0.3) is 10.9 Å². The third-order valence-electron chi connectivity index (χ3n) is 4.14. The zero-order valence-corrected chi connectivity index (χ0v) is 15.5. The summed E-state index contributed by atoms with van der Waals surface area (Å²) in [6, 6.07) is 3.80. The van der Waals surface area contributed by atoms with E-state index in [-0.39, 0.29) is 29.1 Å². The van der Waals surface area contributed by atoms with Crippen molar-refractivity contribution in [3.63, 3.8) is 0 Å². The van der Waals surface area contributed by atoms with Crippen LogP contribution in [0.5, 0.6) is 11.5 Å². The van der Waals surface area contributed by atoms with E-state index in [1.165, 1.54) is 25.4 Å². The van der Waals surface area contributed by atoms with Crippen LogP contribution in [0.15, 0.2) is 35.3 Å². The number of hydrogen-bond acceptors (Lipinski definition) is 5. The number of carbonyl (C=O) groups excluding carboxylic acids is 1. The average Bonchev–Trinajstić information content (AvgIpc) is 2.67. The molecular formula is C20H16F3NO5. The normalized spacial score (nSPS) is 10.8. The number of aromatic nitrogens is 1. The molecule has 0 bridgehead atoms. The average molecular weight is 407 g/mol. The van der Waals surface area contributed by atoms with Crippen LogP contribution in [-0.2, 0) is 11.3 Å². The van der Waals surface area contributed by atoms with E-state index < -0.39 is 41.0 Å². The van der Waals surface area contributed by atoms with Crippen molar-refractivity contribution in [2.75, 3.05) is 13.7 Å². The Kier molecular flexibility index (Phi) is 5.76. The van der Waals surface area contributed by atoms with Gasteiger partial charge in [-0.15, -0.1) is 0 Å². The third-order valence-corrected chi connectivity index (χ3v) is 4.14. The number of carbonyl (C=O) groups is 1. The summed E-state index contributed by atoms with van der Waals surface area (Å²) in [5.74, 6) is -3.86.